The lowest BCUT2D eigenvalue weighted by Gasteiger charge is -2.36. The quantitative estimate of drug-likeness (QED) is 0.338. The number of amides is 2. The van der Waals surface area contributed by atoms with Crippen LogP contribution < -0.4 is 24.8 Å². The zero-order valence-corrected chi connectivity index (χ0v) is 27.7. The average Bonchev–Trinajstić information content (AvgIpc) is 3.61. The number of carbonyl (C=O) groups is 2. The van der Waals surface area contributed by atoms with Crippen molar-refractivity contribution in [2.45, 2.75) is 51.6 Å². The Balaban J connectivity index is 1.31. The molecule has 2 fully saturated rings. The highest BCUT2D eigenvalue weighted by Crippen LogP contribution is 2.39. The van der Waals surface area contributed by atoms with Crippen molar-refractivity contribution >= 4 is 44.3 Å². The average molecular weight is 641 g/mol. The third-order valence-corrected chi connectivity index (χ3v) is 9.01. The highest BCUT2D eigenvalue weighted by molar-refractivity contribution is 7.92. The number of anilines is 2. The van der Waals surface area contributed by atoms with Crippen LogP contribution >= 0.6 is 0 Å². The third-order valence-electron chi connectivity index (χ3n) is 8.42. The van der Waals surface area contributed by atoms with Crippen LogP contribution in [-0.2, 0) is 33.8 Å². The van der Waals surface area contributed by atoms with Gasteiger partial charge in [0.05, 0.1) is 36.3 Å². The summed E-state index contributed by atoms with van der Waals surface area (Å²) >= 11 is 0. The first-order chi connectivity index (χ1) is 21.2. The summed E-state index contributed by atoms with van der Waals surface area (Å²) in [5, 5.41) is 7.00. The Morgan fingerprint density at radius 2 is 1.78 bits per heavy atom. The van der Waals surface area contributed by atoms with E-state index in [4.69, 9.17) is 9.47 Å². The molecule has 13 heteroatoms. The van der Waals surface area contributed by atoms with Crippen molar-refractivity contribution in [2.75, 3.05) is 56.1 Å². The molecule has 0 bridgehead atoms. The maximum Gasteiger partial charge on any atom is 0.418 e. The molecule has 3 N–H and O–H groups in total. The largest absolute Gasteiger partial charge is 0.492 e. The minimum Gasteiger partial charge on any atom is -0.492 e. The van der Waals surface area contributed by atoms with Gasteiger partial charge in [0.1, 0.15) is 0 Å². The molecule has 5 rings (SSSR count). The smallest absolute Gasteiger partial charge is 0.418 e. The molecule has 1 aromatic heterocycles. The third kappa shape index (κ3) is 7.54. The van der Waals surface area contributed by atoms with E-state index >= 15 is 0 Å². The molecule has 3 aromatic rings. The summed E-state index contributed by atoms with van der Waals surface area (Å²) in [6.07, 6.45) is 2.28. The maximum absolute atomic E-state index is 13.2. The molecule has 2 amide bonds. The van der Waals surface area contributed by atoms with Crippen LogP contribution in [0.3, 0.4) is 0 Å². The molecular formula is C32H44N6O6S. The molecule has 244 valence electrons. The molecule has 12 nitrogen and oxygen atoms in total. The van der Waals surface area contributed by atoms with Gasteiger partial charge in [0, 0.05) is 51.2 Å². The van der Waals surface area contributed by atoms with Crippen LogP contribution in [0.2, 0.25) is 0 Å². The molecule has 2 aliphatic heterocycles. The lowest BCUT2D eigenvalue weighted by molar-refractivity contribution is -0.134. The first kappa shape index (κ1) is 32.6. The Labute approximate surface area is 265 Å². The normalized spacial score (nSPS) is 17.8. The minimum absolute atomic E-state index is 0.0426. The highest BCUT2D eigenvalue weighted by Gasteiger charge is 2.29. The molecule has 45 heavy (non-hydrogen) atoms. The molecule has 0 aliphatic carbocycles. The summed E-state index contributed by atoms with van der Waals surface area (Å²) in [5.74, 6) is 0.739. The van der Waals surface area contributed by atoms with Gasteiger partial charge in [-0.05, 0) is 48.1 Å². The summed E-state index contributed by atoms with van der Waals surface area (Å²) in [6, 6.07) is 11.3. The fourth-order valence-corrected chi connectivity index (χ4v) is 6.62. The number of nitrogens with zero attached hydrogens (tertiary/aromatic N) is 3. The van der Waals surface area contributed by atoms with E-state index in [1.165, 1.54) is 7.11 Å². The lowest BCUT2D eigenvalue weighted by Crippen LogP contribution is -2.52. The number of carbonyl (C=O) groups excluding carboxylic acids is 2. The van der Waals surface area contributed by atoms with Gasteiger partial charge < -0.3 is 24.3 Å². The number of benzene rings is 2. The monoisotopic (exact) mass is 640 g/mol. The highest BCUT2D eigenvalue weighted by atomic mass is 32.2. The first-order valence-corrected chi connectivity index (χ1v) is 17.1. The summed E-state index contributed by atoms with van der Waals surface area (Å²) in [7, 11) is -0.348. The van der Waals surface area contributed by atoms with E-state index in [1.54, 1.807) is 12.1 Å². The SMILES string of the molecule is COc1c(NC(=O)Oc2cc3cccc(CN4CCN(C(=O)[C@@H]5CCCN5)CC4)c3n2C)cc(C(C)(C)C)cc1NS(C)(=O)=O. The van der Waals surface area contributed by atoms with Gasteiger partial charge in [0.25, 0.3) is 0 Å². The summed E-state index contributed by atoms with van der Waals surface area (Å²) in [5.41, 5.74) is 3.00. The van der Waals surface area contributed by atoms with Gasteiger partial charge in [-0.3, -0.25) is 19.7 Å². The van der Waals surface area contributed by atoms with Gasteiger partial charge >= 0.3 is 6.09 Å². The Morgan fingerprint density at radius 1 is 1.07 bits per heavy atom. The number of ether oxygens (including phenoxy) is 2. The van der Waals surface area contributed by atoms with E-state index in [2.05, 4.69) is 26.3 Å². The van der Waals surface area contributed by atoms with E-state index in [9.17, 15) is 18.0 Å². The number of methoxy groups -OCH3 is 1. The molecule has 2 aliphatic rings. The Morgan fingerprint density at radius 3 is 2.40 bits per heavy atom. The molecule has 2 aromatic carbocycles. The van der Waals surface area contributed by atoms with Crippen LogP contribution in [0.4, 0.5) is 16.2 Å². The fourth-order valence-electron chi connectivity index (χ4n) is 6.07. The van der Waals surface area contributed by atoms with Crippen LogP contribution in [0.25, 0.3) is 10.9 Å². The van der Waals surface area contributed by atoms with E-state index in [1.807, 2.05) is 55.5 Å². The predicted octanol–water partition coefficient (Wildman–Crippen LogP) is 3.86. The molecule has 0 spiro atoms. The van der Waals surface area contributed by atoms with Crippen molar-refractivity contribution in [1.82, 2.24) is 19.7 Å². The van der Waals surface area contributed by atoms with Crippen LogP contribution in [0, 0.1) is 0 Å². The van der Waals surface area contributed by atoms with E-state index < -0.39 is 16.1 Å². The minimum atomic E-state index is -3.61. The number of sulfonamides is 1. The molecule has 0 unspecified atom stereocenters. The van der Waals surface area contributed by atoms with Gasteiger partial charge in [0.2, 0.25) is 21.8 Å². The van der Waals surface area contributed by atoms with Gasteiger partial charge in [-0.15, -0.1) is 0 Å². The van der Waals surface area contributed by atoms with Gasteiger partial charge in [-0.1, -0.05) is 39.0 Å². The Bertz CT molecular complexity index is 1680. The molecular weight excluding hydrogens is 596 g/mol. The molecule has 0 saturated carbocycles. The lowest BCUT2D eigenvalue weighted by atomic mass is 9.86. The van der Waals surface area contributed by atoms with Crippen LogP contribution in [-0.4, -0.2) is 86.9 Å². The van der Waals surface area contributed by atoms with Crippen molar-refractivity contribution in [1.29, 1.82) is 0 Å². The standard InChI is InChI=1S/C32H44N6O6S/c1-32(2,3)23-18-25(29(43-5)26(19-23)35-45(6,41)42)34-31(40)44-27-17-21-9-7-10-22(28(21)36(27)4)20-37-13-15-38(16-14-37)30(39)24-11-8-12-33-24/h7,9-10,17-19,24,33,35H,8,11-16,20H2,1-6H3,(H,34,40)/t24-/m0/s1. The van der Waals surface area contributed by atoms with Crippen LogP contribution in [0.1, 0.15) is 44.7 Å². The van der Waals surface area contributed by atoms with Crippen molar-refractivity contribution < 1.29 is 27.5 Å². The van der Waals surface area contributed by atoms with Crippen molar-refractivity contribution in [2.24, 2.45) is 7.05 Å². The summed E-state index contributed by atoms with van der Waals surface area (Å²) in [4.78, 5) is 30.4. The summed E-state index contributed by atoms with van der Waals surface area (Å²) in [6.45, 7) is 10.6. The van der Waals surface area contributed by atoms with Crippen molar-refractivity contribution in [3.63, 3.8) is 0 Å². The van der Waals surface area contributed by atoms with E-state index in [0.717, 1.165) is 60.8 Å². The second kappa shape index (κ2) is 12.9. The van der Waals surface area contributed by atoms with Crippen molar-refractivity contribution in [3.8, 4) is 11.6 Å². The zero-order valence-electron chi connectivity index (χ0n) is 26.9. The Kier molecular flexibility index (Phi) is 9.33. The van der Waals surface area contributed by atoms with Gasteiger partial charge in [-0.2, -0.15) is 0 Å². The number of hydrogen-bond acceptors (Lipinski definition) is 8. The first-order valence-electron chi connectivity index (χ1n) is 15.2. The van der Waals surface area contributed by atoms with Gasteiger partial charge in [-0.25, -0.2) is 13.2 Å². The number of rotatable bonds is 8. The fraction of sp³-hybridized carbons (Fsp3) is 0.500. The number of aryl methyl sites for hydroxylation is 1. The second-order valence-electron chi connectivity index (χ2n) is 12.9. The number of piperazine rings is 1. The summed E-state index contributed by atoms with van der Waals surface area (Å²) < 4.78 is 39.8. The molecule has 0 radical (unpaired) electrons. The number of para-hydroxylation sites is 1. The molecule has 2 saturated heterocycles. The number of aromatic nitrogens is 1. The van der Waals surface area contributed by atoms with Crippen LogP contribution in [0.15, 0.2) is 36.4 Å². The second-order valence-corrected chi connectivity index (χ2v) is 14.6. The van der Waals surface area contributed by atoms with E-state index in [0.29, 0.717) is 25.5 Å². The van der Waals surface area contributed by atoms with Crippen molar-refractivity contribution in [3.05, 3.63) is 47.5 Å². The predicted molar refractivity (Wildman–Crippen MR) is 176 cm³/mol. The number of hydrogen-bond donors (Lipinski definition) is 3. The zero-order chi connectivity index (χ0) is 32.5. The topological polar surface area (TPSA) is 134 Å². The maximum atomic E-state index is 13.2. The molecule has 3 heterocycles. The van der Waals surface area contributed by atoms with E-state index in [-0.39, 0.29) is 34.5 Å². The number of nitrogens with one attached hydrogen (secondary N) is 3. The molecule has 1 atom stereocenters. The van der Waals surface area contributed by atoms with Gasteiger partial charge in [0.15, 0.2) is 5.75 Å². The number of fused-ring (bicyclic) bond motifs is 1. The van der Waals surface area contributed by atoms with Crippen LogP contribution in [0.5, 0.6) is 11.6 Å². The Hall–Kier alpha value is -3.81.